The molecule has 2 bridgehead atoms. The molecular weight excluding hydrogens is 388 g/mol. The molecule has 3 fully saturated rings. The molecular formula is C20H30N6O2S. The van der Waals surface area contributed by atoms with Crippen molar-refractivity contribution in [3.05, 3.63) is 10.6 Å². The highest BCUT2D eigenvalue weighted by atomic mass is 32.1. The van der Waals surface area contributed by atoms with Gasteiger partial charge in [-0.25, -0.2) is 0 Å². The van der Waals surface area contributed by atoms with E-state index in [-0.39, 0.29) is 23.9 Å². The summed E-state index contributed by atoms with van der Waals surface area (Å²) >= 11 is 1.45. The maximum atomic E-state index is 13.2. The molecule has 0 spiro atoms. The lowest BCUT2D eigenvalue weighted by Crippen LogP contribution is -2.63. The van der Waals surface area contributed by atoms with Crippen molar-refractivity contribution in [2.75, 3.05) is 32.7 Å². The van der Waals surface area contributed by atoms with E-state index in [1.165, 1.54) is 22.8 Å². The Labute approximate surface area is 175 Å². The number of amides is 2. The summed E-state index contributed by atoms with van der Waals surface area (Å²) in [7, 11) is 0. The van der Waals surface area contributed by atoms with E-state index < -0.39 is 5.54 Å². The summed E-state index contributed by atoms with van der Waals surface area (Å²) in [5.41, 5.74) is 6.47. The van der Waals surface area contributed by atoms with Gasteiger partial charge in [0.1, 0.15) is 5.54 Å². The van der Waals surface area contributed by atoms with Crippen LogP contribution in [-0.4, -0.2) is 80.4 Å². The van der Waals surface area contributed by atoms with Gasteiger partial charge in [0.15, 0.2) is 0 Å². The van der Waals surface area contributed by atoms with Gasteiger partial charge in [-0.05, 0) is 63.1 Å². The lowest BCUT2D eigenvalue weighted by Gasteiger charge is -2.48. The van der Waals surface area contributed by atoms with Crippen LogP contribution in [0.1, 0.15) is 61.6 Å². The molecule has 4 aliphatic heterocycles. The van der Waals surface area contributed by atoms with Crippen LogP contribution in [0, 0.1) is 0 Å². The molecule has 158 valence electrons. The zero-order valence-corrected chi connectivity index (χ0v) is 17.7. The fourth-order valence-corrected chi connectivity index (χ4v) is 6.76. The second kappa shape index (κ2) is 7.59. The largest absolute Gasteiger partial charge is 0.368 e. The molecule has 1 aromatic heterocycles. The Balaban J connectivity index is 1.23. The number of rotatable bonds is 4. The molecule has 4 aliphatic rings. The number of nitrogens with two attached hydrogens (primary N) is 1. The van der Waals surface area contributed by atoms with Crippen molar-refractivity contribution >= 4 is 23.3 Å². The van der Waals surface area contributed by atoms with E-state index in [0.29, 0.717) is 6.54 Å². The SMILES string of the molecule is NC(=O)C1(N2CCCCC2)CCN(CC(=O)N2C3CCC2c2snnc2C3)CC1. The number of likely N-dealkylation sites (tertiary alicyclic amines) is 2. The minimum absolute atomic E-state index is 0.166. The van der Waals surface area contributed by atoms with Crippen molar-refractivity contribution in [1.82, 2.24) is 24.3 Å². The molecule has 2 unspecified atom stereocenters. The summed E-state index contributed by atoms with van der Waals surface area (Å²) in [6.07, 6.45) is 7.89. The van der Waals surface area contributed by atoms with Crippen molar-refractivity contribution in [3.63, 3.8) is 0 Å². The van der Waals surface area contributed by atoms with E-state index in [0.717, 1.165) is 76.8 Å². The number of carbonyl (C=O) groups excluding carboxylic acids is 2. The van der Waals surface area contributed by atoms with Crippen molar-refractivity contribution in [2.45, 2.75) is 69.0 Å². The fourth-order valence-electron chi connectivity index (χ4n) is 5.95. The number of hydrogen-bond donors (Lipinski definition) is 1. The van der Waals surface area contributed by atoms with Crippen molar-refractivity contribution in [3.8, 4) is 0 Å². The number of fused-ring (bicyclic) bond motifs is 4. The number of piperidine rings is 2. The zero-order chi connectivity index (χ0) is 20.0. The highest BCUT2D eigenvalue weighted by Gasteiger charge is 2.47. The molecule has 3 saturated heterocycles. The Morgan fingerprint density at radius 1 is 1.10 bits per heavy atom. The summed E-state index contributed by atoms with van der Waals surface area (Å²) in [5, 5.41) is 4.26. The van der Waals surface area contributed by atoms with Crippen molar-refractivity contribution in [2.24, 2.45) is 5.73 Å². The van der Waals surface area contributed by atoms with Crippen LogP contribution in [-0.2, 0) is 16.0 Å². The first kappa shape index (κ1) is 19.4. The van der Waals surface area contributed by atoms with E-state index in [1.54, 1.807) is 0 Å². The first-order chi connectivity index (χ1) is 14.1. The van der Waals surface area contributed by atoms with Gasteiger partial charge in [-0.3, -0.25) is 19.4 Å². The zero-order valence-electron chi connectivity index (χ0n) is 16.9. The third kappa shape index (κ3) is 3.27. The number of nitrogens with zero attached hydrogens (tertiary/aromatic N) is 5. The Hall–Kier alpha value is -1.58. The topological polar surface area (TPSA) is 95.7 Å². The van der Waals surface area contributed by atoms with E-state index in [2.05, 4.69) is 24.3 Å². The third-order valence-corrected chi connectivity index (χ3v) is 8.44. The summed E-state index contributed by atoms with van der Waals surface area (Å²) < 4.78 is 4.10. The molecule has 1 aromatic rings. The molecule has 0 saturated carbocycles. The Morgan fingerprint density at radius 3 is 2.59 bits per heavy atom. The van der Waals surface area contributed by atoms with Crippen LogP contribution < -0.4 is 5.73 Å². The molecule has 0 aromatic carbocycles. The second-order valence-corrected chi connectivity index (χ2v) is 9.84. The molecule has 0 aliphatic carbocycles. The quantitative estimate of drug-likeness (QED) is 0.782. The van der Waals surface area contributed by atoms with Crippen LogP contribution in [0.5, 0.6) is 0 Å². The Kier molecular flexibility index (Phi) is 5.08. The number of aromatic nitrogens is 2. The maximum absolute atomic E-state index is 13.2. The van der Waals surface area contributed by atoms with E-state index >= 15 is 0 Å². The second-order valence-electron chi connectivity index (χ2n) is 9.06. The maximum Gasteiger partial charge on any atom is 0.238 e. The fraction of sp³-hybridized carbons (Fsp3) is 0.800. The van der Waals surface area contributed by atoms with Crippen LogP contribution in [0.4, 0.5) is 0 Å². The first-order valence-electron chi connectivity index (χ1n) is 11.0. The van der Waals surface area contributed by atoms with E-state index in [9.17, 15) is 9.59 Å². The Morgan fingerprint density at radius 2 is 1.86 bits per heavy atom. The van der Waals surface area contributed by atoms with Gasteiger partial charge in [-0.15, -0.1) is 5.10 Å². The van der Waals surface area contributed by atoms with Gasteiger partial charge >= 0.3 is 0 Å². The highest BCUT2D eigenvalue weighted by molar-refractivity contribution is 7.05. The number of primary amides is 1. The molecule has 5 rings (SSSR count). The predicted molar refractivity (Wildman–Crippen MR) is 109 cm³/mol. The first-order valence-corrected chi connectivity index (χ1v) is 11.8. The van der Waals surface area contributed by atoms with Gasteiger partial charge in [0.2, 0.25) is 11.8 Å². The molecule has 8 nitrogen and oxygen atoms in total. The van der Waals surface area contributed by atoms with Crippen LogP contribution in [0.2, 0.25) is 0 Å². The lowest BCUT2D eigenvalue weighted by molar-refractivity contribution is -0.138. The molecule has 2 atom stereocenters. The molecule has 9 heteroatoms. The molecule has 5 heterocycles. The average molecular weight is 419 g/mol. The number of carbonyl (C=O) groups is 2. The van der Waals surface area contributed by atoms with Crippen LogP contribution in [0.25, 0.3) is 0 Å². The minimum atomic E-state index is -0.521. The highest BCUT2D eigenvalue weighted by Crippen LogP contribution is 2.44. The normalized spacial score (nSPS) is 29.6. The van der Waals surface area contributed by atoms with Gasteiger partial charge in [-0.1, -0.05) is 10.9 Å². The molecule has 29 heavy (non-hydrogen) atoms. The van der Waals surface area contributed by atoms with Gasteiger partial charge in [0, 0.05) is 25.6 Å². The monoisotopic (exact) mass is 418 g/mol. The van der Waals surface area contributed by atoms with Gasteiger partial charge in [0.25, 0.3) is 0 Å². The summed E-state index contributed by atoms with van der Waals surface area (Å²) in [4.78, 5) is 33.4. The standard InChI is InChI=1S/C20H30N6O2S/c21-19(28)20(25-8-2-1-3-9-25)6-10-24(11-7-20)13-17(27)26-14-4-5-16(26)18-15(12-14)22-23-29-18/h14,16H,1-13H2,(H2,21,28). The van der Waals surface area contributed by atoms with Crippen molar-refractivity contribution < 1.29 is 9.59 Å². The average Bonchev–Trinajstić information content (AvgIpc) is 3.34. The van der Waals surface area contributed by atoms with Crippen LogP contribution in [0.3, 0.4) is 0 Å². The van der Waals surface area contributed by atoms with Gasteiger partial charge in [-0.2, -0.15) is 0 Å². The van der Waals surface area contributed by atoms with E-state index in [1.807, 2.05) is 0 Å². The van der Waals surface area contributed by atoms with E-state index in [4.69, 9.17) is 5.73 Å². The van der Waals surface area contributed by atoms with Gasteiger partial charge in [0.05, 0.1) is 23.2 Å². The Bertz CT molecular complexity index is 784. The van der Waals surface area contributed by atoms with Crippen LogP contribution in [0.15, 0.2) is 0 Å². The summed E-state index contributed by atoms with van der Waals surface area (Å²) in [6.45, 7) is 3.86. The summed E-state index contributed by atoms with van der Waals surface area (Å²) in [6, 6.07) is 0.436. The smallest absolute Gasteiger partial charge is 0.238 e. The molecule has 2 amide bonds. The summed E-state index contributed by atoms with van der Waals surface area (Å²) in [5.74, 6) is 0.0192. The molecule has 2 N–H and O–H groups in total. The van der Waals surface area contributed by atoms with Gasteiger partial charge < -0.3 is 10.6 Å². The van der Waals surface area contributed by atoms with Crippen molar-refractivity contribution in [1.29, 1.82) is 0 Å². The minimum Gasteiger partial charge on any atom is -0.368 e. The number of hydrogen-bond acceptors (Lipinski definition) is 7. The molecule has 0 radical (unpaired) electrons. The van der Waals surface area contributed by atoms with Crippen LogP contribution >= 0.6 is 11.5 Å². The lowest BCUT2D eigenvalue weighted by atomic mass is 9.83. The predicted octanol–water partition coefficient (Wildman–Crippen LogP) is 0.932. The third-order valence-electron chi connectivity index (χ3n) is 7.57.